The van der Waals surface area contributed by atoms with Crippen molar-refractivity contribution in [1.82, 2.24) is 5.32 Å². The SMILES string of the molecule is CC(C)(C)c1ccc(NC(=O)NCCS)cc1. The Hall–Kier alpha value is -1.16. The number of hydrogen-bond donors (Lipinski definition) is 3. The van der Waals surface area contributed by atoms with Gasteiger partial charge in [0.2, 0.25) is 0 Å². The lowest BCUT2D eigenvalue weighted by Gasteiger charge is -2.19. The zero-order valence-electron chi connectivity index (χ0n) is 10.6. The Morgan fingerprint density at radius 2 is 1.82 bits per heavy atom. The normalized spacial score (nSPS) is 11.1. The fraction of sp³-hybridized carbons (Fsp3) is 0.462. The maximum absolute atomic E-state index is 11.4. The highest BCUT2D eigenvalue weighted by molar-refractivity contribution is 7.80. The van der Waals surface area contributed by atoms with Gasteiger partial charge in [-0.15, -0.1) is 0 Å². The Morgan fingerprint density at radius 1 is 1.24 bits per heavy atom. The first kappa shape index (κ1) is 13.9. The molecule has 0 aliphatic carbocycles. The predicted molar refractivity (Wildman–Crippen MR) is 76.0 cm³/mol. The third kappa shape index (κ3) is 4.69. The summed E-state index contributed by atoms with van der Waals surface area (Å²) in [5.74, 6) is 0.635. The molecule has 0 aliphatic heterocycles. The van der Waals surface area contributed by atoms with Crippen LogP contribution in [-0.2, 0) is 5.41 Å². The average Bonchev–Trinajstić information content (AvgIpc) is 2.26. The smallest absolute Gasteiger partial charge is 0.319 e. The van der Waals surface area contributed by atoms with Crippen LogP contribution in [0.25, 0.3) is 0 Å². The molecule has 0 heterocycles. The van der Waals surface area contributed by atoms with E-state index in [0.717, 1.165) is 5.69 Å². The fourth-order valence-corrected chi connectivity index (χ4v) is 1.51. The molecule has 0 spiro atoms. The molecule has 2 amide bonds. The van der Waals surface area contributed by atoms with Gasteiger partial charge in [-0.1, -0.05) is 32.9 Å². The molecule has 94 valence electrons. The summed E-state index contributed by atoms with van der Waals surface area (Å²) in [6.07, 6.45) is 0. The number of benzene rings is 1. The van der Waals surface area contributed by atoms with Gasteiger partial charge in [0, 0.05) is 18.0 Å². The van der Waals surface area contributed by atoms with E-state index in [1.54, 1.807) is 0 Å². The maximum atomic E-state index is 11.4. The maximum Gasteiger partial charge on any atom is 0.319 e. The molecule has 2 N–H and O–H groups in total. The van der Waals surface area contributed by atoms with E-state index in [1.807, 2.05) is 24.3 Å². The first-order valence-electron chi connectivity index (χ1n) is 5.70. The second-order valence-corrected chi connectivity index (χ2v) is 5.38. The van der Waals surface area contributed by atoms with Crippen molar-refractivity contribution in [2.45, 2.75) is 26.2 Å². The van der Waals surface area contributed by atoms with Crippen LogP contribution >= 0.6 is 12.6 Å². The van der Waals surface area contributed by atoms with Gasteiger partial charge in [-0.2, -0.15) is 12.6 Å². The van der Waals surface area contributed by atoms with Gasteiger partial charge in [-0.25, -0.2) is 4.79 Å². The van der Waals surface area contributed by atoms with E-state index in [-0.39, 0.29) is 11.4 Å². The van der Waals surface area contributed by atoms with Gasteiger partial charge in [0.05, 0.1) is 0 Å². The number of nitrogens with one attached hydrogen (secondary N) is 2. The molecule has 1 aromatic rings. The Kier molecular flexibility index (Phi) is 4.87. The standard InChI is InChI=1S/C13H20N2OS/c1-13(2,3)10-4-6-11(7-5-10)15-12(16)14-8-9-17/h4-7,17H,8-9H2,1-3H3,(H2,14,15,16). The second-order valence-electron chi connectivity index (χ2n) is 4.93. The molecular weight excluding hydrogens is 232 g/mol. The molecule has 0 fully saturated rings. The highest BCUT2D eigenvalue weighted by atomic mass is 32.1. The molecule has 4 heteroatoms. The Morgan fingerprint density at radius 3 is 2.29 bits per heavy atom. The van der Waals surface area contributed by atoms with E-state index < -0.39 is 0 Å². The summed E-state index contributed by atoms with van der Waals surface area (Å²) in [5, 5.41) is 5.47. The Balaban J connectivity index is 2.60. The number of hydrogen-bond acceptors (Lipinski definition) is 2. The minimum absolute atomic E-state index is 0.132. The van der Waals surface area contributed by atoms with Gasteiger partial charge < -0.3 is 10.6 Å². The van der Waals surface area contributed by atoms with Crippen LogP contribution < -0.4 is 10.6 Å². The predicted octanol–water partition coefficient (Wildman–Crippen LogP) is 3.04. The van der Waals surface area contributed by atoms with Gasteiger partial charge in [0.25, 0.3) is 0 Å². The largest absolute Gasteiger partial charge is 0.337 e. The van der Waals surface area contributed by atoms with Crippen molar-refractivity contribution < 1.29 is 4.79 Å². The monoisotopic (exact) mass is 252 g/mol. The van der Waals surface area contributed by atoms with E-state index in [1.165, 1.54) is 5.56 Å². The van der Waals surface area contributed by atoms with Crippen molar-refractivity contribution in [3.63, 3.8) is 0 Å². The zero-order chi connectivity index (χ0) is 12.9. The number of rotatable bonds is 3. The first-order valence-corrected chi connectivity index (χ1v) is 6.33. The highest BCUT2D eigenvalue weighted by Gasteiger charge is 2.12. The van der Waals surface area contributed by atoms with Crippen LogP contribution in [-0.4, -0.2) is 18.3 Å². The summed E-state index contributed by atoms with van der Waals surface area (Å²) < 4.78 is 0. The van der Waals surface area contributed by atoms with Crippen LogP contribution in [0.5, 0.6) is 0 Å². The van der Waals surface area contributed by atoms with Crippen LogP contribution in [0, 0.1) is 0 Å². The lowest BCUT2D eigenvalue weighted by molar-refractivity contribution is 0.252. The van der Waals surface area contributed by atoms with Crippen molar-refractivity contribution in [3.8, 4) is 0 Å². The molecule has 1 rings (SSSR count). The van der Waals surface area contributed by atoms with Gasteiger partial charge >= 0.3 is 6.03 Å². The fourth-order valence-electron chi connectivity index (χ4n) is 1.40. The molecule has 0 aromatic heterocycles. The van der Waals surface area contributed by atoms with Crippen LogP contribution in [0.3, 0.4) is 0 Å². The quantitative estimate of drug-likeness (QED) is 0.711. The van der Waals surface area contributed by atoms with Crippen molar-refractivity contribution in [2.75, 3.05) is 17.6 Å². The molecule has 0 aliphatic rings. The number of carbonyl (C=O) groups is 1. The summed E-state index contributed by atoms with van der Waals surface area (Å²) in [6, 6.07) is 7.71. The molecule has 3 nitrogen and oxygen atoms in total. The van der Waals surface area contributed by atoms with Crippen LogP contribution in [0.2, 0.25) is 0 Å². The Bertz CT molecular complexity index is 368. The van der Waals surface area contributed by atoms with Crippen molar-refractivity contribution in [2.24, 2.45) is 0 Å². The minimum atomic E-state index is -0.192. The molecule has 0 saturated heterocycles. The summed E-state index contributed by atoms with van der Waals surface area (Å²) in [6.45, 7) is 7.05. The topological polar surface area (TPSA) is 41.1 Å². The molecule has 0 bridgehead atoms. The van der Waals surface area contributed by atoms with Crippen molar-refractivity contribution >= 4 is 24.3 Å². The molecule has 17 heavy (non-hydrogen) atoms. The first-order chi connectivity index (χ1) is 7.93. The Labute approximate surface area is 108 Å². The summed E-state index contributed by atoms with van der Waals surface area (Å²) in [7, 11) is 0. The van der Waals surface area contributed by atoms with E-state index >= 15 is 0 Å². The van der Waals surface area contributed by atoms with Crippen LogP contribution in [0.15, 0.2) is 24.3 Å². The second kappa shape index (κ2) is 5.96. The number of carbonyl (C=O) groups excluding carboxylic acids is 1. The third-order valence-corrected chi connectivity index (χ3v) is 2.63. The molecular formula is C13H20N2OS. The van der Waals surface area contributed by atoms with E-state index in [0.29, 0.717) is 12.3 Å². The lowest BCUT2D eigenvalue weighted by atomic mass is 9.87. The zero-order valence-corrected chi connectivity index (χ0v) is 11.5. The van der Waals surface area contributed by atoms with Gasteiger partial charge in [0.1, 0.15) is 0 Å². The number of urea groups is 1. The van der Waals surface area contributed by atoms with E-state index in [9.17, 15) is 4.79 Å². The summed E-state index contributed by atoms with van der Waals surface area (Å²) in [5.41, 5.74) is 2.18. The summed E-state index contributed by atoms with van der Waals surface area (Å²) >= 11 is 4.02. The average molecular weight is 252 g/mol. The van der Waals surface area contributed by atoms with Gasteiger partial charge in [-0.3, -0.25) is 0 Å². The van der Waals surface area contributed by atoms with Gasteiger partial charge in [-0.05, 0) is 23.1 Å². The van der Waals surface area contributed by atoms with E-state index in [2.05, 4.69) is 44.0 Å². The minimum Gasteiger partial charge on any atom is -0.337 e. The lowest BCUT2D eigenvalue weighted by Crippen LogP contribution is -2.30. The highest BCUT2D eigenvalue weighted by Crippen LogP contribution is 2.23. The number of amides is 2. The van der Waals surface area contributed by atoms with Crippen LogP contribution in [0.4, 0.5) is 10.5 Å². The number of thiol groups is 1. The van der Waals surface area contributed by atoms with E-state index in [4.69, 9.17) is 0 Å². The molecule has 0 radical (unpaired) electrons. The summed E-state index contributed by atoms with van der Waals surface area (Å²) in [4.78, 5) is 11.4. The van der Waals surface area contributed by atoms with Gasteiger partial charge in [0.15, 0.2) is 0 Å². The molecule has 1 aromatic carbocycles. The number of anilines is 1. The van der Waals surface area contributed by atoms with Crippen molar-refractivity contribution in [3.05, 3.63) is 29.8 Å². The molecule has 0 atom stereocenters. The third-order valence-electron chi connectivity index (χ3n) is 2.41. The molecule has 0 saturated carbocycles. The van der Waals surface area contributed by atoms with Crippen LogP contribution in [0.1, 0.15) is 26.3 Å². The van der Waals surface area contributed by atoms with Crippen molar-refractivity contribution in [1.29, 1.82) is 0 Å². The molecule has 0 unspecified atom stereocenters.